The molecule has 1 unspecified atom stereocenters. The Hall–Kier alpha value is -0.610. The van der Waals surface area contributed by atoms with E-state index >= 15 is 0 Å². The van der Waals surface area contributed by atoms with Crippen LogP contribution >= 0.6 is 0 Å². The van der Waals surface area contributed by atoms with Gasteiger partial charge in [0.2, 0.25) is 5.91 Å². The molecule has 1 saturated carbocycles. The van der Waals surface area contributed by atoms with Crippen LogP contribution in [-0.2, 0) is 4.79 Å². The standard InChI is InChI=1S/C12H24N2O2/c1-9(8-15)7-14-12(16)11-4-2-10(6-13)3-5-11/h9-11,15H,2-8,13H2,1H3,(H,14,16). The zero-order chi connectivity index (χ0) is 12.0. The summed E-state index contributed by atoms with van der Waals surface area (Å²) >= 11 is 0. The maximum absolute atomic E-state index is 11.8. The lowest BCUT2D eigenvalue weighted by atomic mass is 9.81. The Bertz CT molecular complexity index is 213. The first-order valence-electron chi connectivity index (χ1n) is 6.26. The second kappa shape index (κ2) is 6.86. The number of aliphatic hydroxyl groups excluding tert-OH is 1. The number of nitrogens with one attached hydrogen (secondary N) is 1. The van der Waals surface area contributed by atoms with Gasteiger partial charge in [-0.15, -0.1) is 0 Å². The van der Waals surface area contributed by atoms with E-state index in [1.807, 2.05) is 6.92 Å². The number of hydrogen-bond donors (Lipinski definition) is 3. The van der Waals surface area contributed by atoms with E-state index in [-0.39, 0.29) is 24.3 Å². The molecule has 4 N–H and O–H groups in total. The van der Waals surface area contributed by atoms with Crippen molar-refractivity contribution in [1.82, 2.24) is 5.32 Å². The van der Waals surface area contributed by atoms with Crippen molar-refractivity contribution in [2.75, 3.05) is 19.7 Å². The summed E-state index contributed by atoms with van der Waals surface area (Å²) in [6, 6.07) is 0. The summed E-state index contributed by atoms with van der Waals surface area (Å²) in [6.45, 7) is 3.37. The molecule has 16 heavy (non-hydrogen) atoms. The summed E-state index contributed by atoms with van der Waals surface area (Å²) in [5, 5.41) is 11.8. The second-order valence-corrected chi connectivity index (χ2v) is 4.99. The van der Waals surface area contributed by atoms with Crippen molar-refractivity contribution >= 4 is 5.91 Å². The molecule has 0 saturated heterocycles. The number of rotatable bonds is 5. The topological polar surface area (TPSA) is 75.3 Å². The Kier molecular flexibility index (Phi) is 5.77. The fourth-order valence-corrected chi connectivity index (χ4v) is 2.14. The normalized spacial score (nSPS) is 27.4. The van der Waals surface area contributed by atoms with Gasteiger partial charge in [-0.2, -0.15) is 0 Å². The van der Waals surface area contributed by atoms with Gasteiger partial charge in [0.25, 0.3) is 0 Å². The molecule has 0 aliphatic heterocycles. The molecule has 0 bridgehead atoms. The van der Waals surface area contributed by atoms with Crippen molar-refractivity contribution in [3.8, 4) is 0 Å². The molecule has 1 rings (SSSR count). The van der Waals surface area contributed by atoms with Crippen molar-refractivity contribution < 1.29 is 9.90 Å². The van der Waals surface area contributed by atoms with Gasteiger partial charge < -0.3 is 16.2 Å². The third kappa shape index (κ3) is 4.10. The van der Waals surface area contributed by atoms with Crippen molar-refractivity contribution in [2.24, 2.45) is 23.5 Å². The lowest BCUT2D eigenvalue weighted by Crippen LogP contribution is -2.36. The molecular weight excluding hydrogens is 204 g/mol. The van der Waals surface area contributed by atoms with Crippen LogP contribution in [0.5, 0.6) is 0 Å². The number of carbonyl (C=O) groups is 1. The predicted octanol–water partition coefficient (Wildman–Crippen LogP) is 0.496. The molecule has 94 valence electrons. The number of carbonyl (C=O) groups excluding carboxylic acids is 1. The van der Waals surface area contributed by atoms with Gasteiger partial charge in [0.1, 0.15) is 0 Å². The third-order valence-electron chi connectivity index (χ3n) is 3.49. The molecule has 0 radical (unpaired) electrons. The molecule has 4 heteroatoms. The van der Waals surface area contributed by atoms with Crippen molar-refractivity contribution in [3.05, 3.63) is 0 Å². The first kappa shape index (κ1) is 13.5. The van der Waals surface area contributed by atoms with Crippen LogP contribution in [0, 0.1) is 17.8 Å². The minimum atomic E-state index is 0.125. The quantitative estimate of drug-likeness (QED) is 0.641. The van der Waals surface area contributed by atoms with Crippen molar-refractivity contribution in [1.29, 1.82) is 0 Å². The Morgan fingerprint density at radius 3 is 2.56 bits per heavy atom. The van der Waals surface area contributed by atoms with E-state index in [4.69, 9.17) is 10.8 Å². The first-order valence-corrected chi connectivity index (χ1v) is 6.26. The van der Waals surface area contributed by atoms with E-state index in [1.54, 1.807) is 0 Å². The monoisotopic (exact) mass is 228 g/mol. The average molecular weight is 228 g/mol. The molecule has 1 amide bonds. The van der Waals surface area contributed by atoms with Gasteiger partial charge in [-0.05, 0) is 44.1 Å². The van der Waals surface area contributed by atoms with E-state index in [9.17, 15) is 4.79 Å². The summed E-state index contributed by atoms with van der Waals surface area (Å²) in [4.78, 5) is 11.8. The fraction of sp³-hybridized carbons (Fsp3) is 0.917. The van der Waals surface area contributed by atoms with Crippen molar-refractivity contribution in [3.63, 3.8) is 0 Å². The first-order chi connectivity index (χ1) is 7.67. The van der Waals surface area contributed by atoms with Gasteiger partial charge in [0.05, 0.1) is 0 Å². The molecule has 0 aromatic rings. The Morgan fingerprint density at radius 1 is 1.44 bits per heavy atom. The molecular formula is C12H24N2O2. The number of amides is 1. The second-order valence-electron chi connectivity index (χ2n) is 4.99. The maximum Gasteiger partial charge on any atom is 0.223 e. The van der Waals surface area contributed by atoms with Crippen LogP contribution in [0.4, 0.5) is 0 Å². The number of aliphatic hydroxyl groups is 1. The highest BCUT2D eigenvalue weighted by atomic mass is 16.3. The summed E-state index contributed by atoms with van der Waals surface area (Å²) in [5.74, 6) is 1.06. The van der Waals surface area contributed by atoms with Crippen LogP contribution in [0.25, 0.3) is 0 Å². The van der Waals surface area contributed by atoms with E-state index in [2.05, 4.69) is 5.32 Å². The molecule has 1 fully saturated rings. The minimum Gasteiger partial charge on any atom is -0.396 e. The molecule has 0 heterocycles. The molecule has 1 atom stereocenters. The predicted molar refractivity (Wildman–Crippen MR) is 63.8 cm³/mol. The van der Waals surface area contributed by atoms with Crippen LogP contribution < -0.4 is 11.1 Å². The van der Waals surface area contributed by atoms with E-state index in [0.717, 1.165) is 32.2 Å². The van der Waals surface area contributed by atoms with Gasteiger partial charge >= 0.3 is 0 Å². The summed E-state index contributed by atoms with van der Waals surface area (Å²) in [7, 11) is 0. The van der Waals surface area contributed by atoms with Gasteiger partial charge in [-0.3, -0.25) is 4.79 Å². The largest absolute Gasteiger partial charge is 0.396 e. The van der Waals surface area contributed by atoms with Crippen LogP contribution in [-0.4, -0.2) is 30.7 Å². The van der Waals surface area contributed by atoms with Gasteiger partial charge in [0.15, 0.2) is 0 Å². The Labute approximate surface area is 97.6 Å². The highest BCUT2D eigenvalue weighted by Crippen LogP contribution is 2.28. The zero-order valence-corrected chi connectivity index (χ0v) is 10.1. The van der Waals surface area contributed by atoms with Crippen LogP contribution in [0.15, 0.2) is 0 Å². The van der Waals surface area contributed by atoms with Gasteiger partial charge in [-0.25, -0.2) is 0 Å². The molecule has 1 aliphatic rings. The highest BCUT2D eigenvalue weighted by molar-refractivity contribution is 5.78. The van der Waals surface area contributed by atoms with E-state index < -0.39 is 0 Å². The lowest BCUT2D eigenvalue weighted by molar-refractivity contribution is -0.126. The number of nitrogens with two attached hydrogens (primary N) is 1. The van der Waals surface area contributed by atoms with Crippen LogP contribution in [0.2, 0.25) is 0 Å². The van der Waals surface area contributed by atoms with E-state index in [1.165, 1.54) is 0 Å². The summed E-state index contributed by atoms with van der Waals surface area (Å²) in [5.41, 5.74) is 5.61. The lowest BCUT2D eigenvalue weighted by Gasteiger charge is -2.27. The summed E-state index contributed by atoms with van der Waals surface area (Å²) < 4.78 is 0. The maximum atomic E-state index is 11.8. The zero-order valence-electron chi connectivity index (χ0n) is 10.1. The van der Waals surface area contributed by atoms with Crippen LogP contribution in [0.1, 0.15) is 32.6 Å². The third-order valence-corrected chi connectivity index (χ3v) is 3.49. The number of hydrogen-bond acceptors (Lipinski definition) is 3. The molecule has 1 aliphatic carbocycles. The minimum absolute atomic E-state index is 0.125. The van der Waals surface area contributed by atoms with Crippen LogP contribution in [0.3, 0.4) is 0 Å². The average Bonchev–Trinajstić information content (AvgIpc) is 2.35. The Balaban J connectivity index is 2.22. The SMILES string of the molecule is CC(CO)CNC(=O)C1CCC(CN)CC1. The molecule has 0 aromatic carbocycles. The van der Waals surface area contributed by atoms with E-state index in [0.29, 0.717) is 12.5 Å². The van der Waals surface area contributed by atoms with Crippen molar-refractivity contribution in [2.45, 2.75) is 32.6 Å². The smallest absolute Gasteiger partial charge is 0.223 e. The molecule has 0 aromatic heterocycles. The van der Waals surface area contributed by atoms with Gasteiger partial charge in [-0.1, -0.05) is 6.92 Å². The Morgan fingerprint density at radius 2 is 2.06 bits per heavy atom. The molecule has 0 spiro atoms. The fourth-order valence-electron chi connectivity index (χ4n) is 2.14. The highest BCUT2D eigenvalue weighted by Gasteiger charge is 2.25. The van der Waals surface area contributed by atoms with Gasteiger partial charge in [0, 0.05) is 19.1 Å². The molecule has 4 nitrogen and oxygen atoms in total. The summed E-state index contributed by atoms with van der Waals surface area (Å²) in [6.07, 6.45) is 4.07.